The summed E-state index contributed by atoms with van der Waals surface area (Å²) in [5, 5.41) is 0.571. The summed E-state index contributed by atoms with van der Waals surface area (Å²) in [5.74, 6) is 0.903. The molecule has 0 saturated heterocycles. The molecule has 0 amide bonds. The molecule has 0 saturated carbocycles. The number of benzene rings is 1. The van der Waals surface area contributed by atoms with E-state index in [1.807, 2.05) is 19.1 Å². The van der Waals surface area contributed by atoms with Crippen LogP contribution in [0.4, 0.5) is 0 Å². The van der Waals surface area contributed by atoms with Crippen LogP contribution in [0.5, 0.6) is 0 Å². The number of aromatic nitrogens is 2. The Labute approximate surface area is 118 Å². The van der Waals surface area contributed by atoms with Gasteiger partial charge in [0.1, 0.15) is 11.3 Å². The predicted octanol–water partition coefficient (Wildman–Crippen LogP) is 5.35. The lowest BCUT2D eigenvalue weighted by atomic mass is 10.2. The Kier molecular flexibility index (Phi) is 4.18. The third kappa shape index (κ3) is 2.36. The van der Waals surface area contributed by atoms with Gasteiger partial charge in [0.05, 0.1) is 15.9 Å². The van der Waals surface area contributed by atoms with Crippen molar-refractivity contribution < 1.29 is 0 Å². The van der Waals surface area contributed by atoms with E-state index in [1.54, 1.807) is 0 Å². The van der Waals surface area contributed by atoms with E-state index in [4.69, 9.17) is 23.2 Å². The summed E-state index contributed by atoms with van der Waals surface area (Å²) in [7, 11) is 0. The zero-order valence-corrected chi connectivity index (χ0v) is 12.5. The highest BCUT2D eigenvalue weighted by molar-refractivity contribution is 6.35. The summed E-state index contributed by atoms with van der Waals surface area (Å²) in [4.78, 5) is 4.61. The summed E-state index contributed by atoms with van der Waals surface area (Å²) in [5.41, 5.74) is 1.93. The fourth-order valence-corrected chi connectivity index (χ4v) is 2.76. The van der Waals surface area contributed by atoms with Crippen LogP contribution in [0.3, 0.4) is 0 Å². The number of fused-ring (bicyclic) bond motifs is 1. The summed E-state index contributed by atoms with van der Waals surface area (Å²) in [6.45, 7) is 6.34. The fourth-order valence-electron chi connectivity index (χ4n) is 2.39. The maximum Gasteiger partial charge on any atom is 0.128 e. The molecule has 1 aromatic carbocycles. The number of halogens is 2. The van der Waals surface area contributed by atoms with Gasteiger partial charge in [0.15, 0.2) is 0 Å². The Morgan fingerprint density at radius 3 is 2.67 bits per heavy atom. The molecule has 2 aromatic rings. The molecule has 0 spiro atoms. The molecule has 0 aliphatic carbocycles. The average molecular weight is 285 g/mol. The Bertz CT molecular complexity index is 546. The maximum absolute atomic E-state index is 6.25. The van der Waals surface area contributed by atoms with Gasteiger partial charge < -0.3 is 4.57 Å². The zero-order valence-electron chi connectivity index (χ0n) is 11.0. The molecule has 0 fully saturated rings. The third-order valence-corrected chi connectivity index (χ3v) is 3.70. The van der Waals surface area contributed by atoms with E-state index in [2.05, 4.69) is 29.5 Å². The quantitative estimate of drug-likeness (QED) is 0.692. The molecule has 0 aliphatic rings. The van der Waals surface area contributed by atoms with Crippen LogP contribution >= 0.6 is 23.2 Å². The molecule has 0 radical (unpaired) electrons. The Hall–Kier alpha value is -0.730. The van der Waals surface area contributed by atoms with Crippen molar-refractivity contribution in [2.24, 2.45) is 0 Å². The number of imidazole rings is 1. The van der Waals surface area contributed by atoms with Crippen LogP contribution in [-0.2, 0) is 0 Å². The van der Waals surface area contributed by atoms with Crippen molar-refractivity contribution in [1.29, 1.82) is 0 Å². The minimum absolute atomic E-state index is 0.118. The molecular formula is C14H18Cl2N2. The molecule has 2 unspecified atom stereocenters. The van der Waals surface area contributed by atoms with Crippen LogP contribution in [0.1, 0.15) is 50.9 Å². The van der Waals surface area contributed by atoms with E-state index in [0.717, 1.165) is 29.7 Å². The monoisotopic (exact) mass is 284 g/mol. The van der Waals surface area contributed by atoms with Crippen molar-refractivity contribution in [2.45, 2.75) is 45.0 Å². The Balaban J connectivity index is 2.66. The van der Waals surface area contributed by atoms with Crippen LogP contribution in [0.2, 0.25) is 5.02 Å². The largest absolute Gasteiger partial charge is 0.324 e. The first kappa shape index (κ1) is 13.7. The van der Waals surface area contributed by atoms with E-state index in [1.165, 1.54) is 0 Å². The Morgan fingerprint density at radius 2 is 2.06 bits per heavy atom. The van der Waals surface area contributed by atoms with Crippen molar-refractivity contribution in [2.75, 3.05) is 0 Å². The molecule has 0 aliphatic heterocycles. The lowest BCUT2D eigenvalue weighted by Crippen LogP contribution is -2.09. The van der Waals surface area contributed by atoms with E-state index >= 15 is 0 Å². The molecule has 1 aromatic heterocycles. The van der Waals surface area contributed by atoms with Crippen LogP contribution in [-0.4, -0.2) is 9.55 Å². The molecule has 0 N–H and O–H groups in total. The van der Waals surface area contributed by atoms with E-state index in [9.17, 15) is 0 Å². The minimum Gasteiger partial charge on any atom is -0.324 e. The number of alkyl halides is 1. The highest BCUT2D eigenvalue weighted by atomic mass is 35.5. The highest BCUT2D eigenvalue weighted by Gasteiger charge is 2.19. The standard InChI is InChI=1S/C14H18Cl2N2/c1-4-6-9(2)18-12-8-5-7-11(16)13(12)17-14(18)10(3)15/h5,7-10H,4,6H2,1-3H3. The molecule has 4 heteroatoms. The van der Waals surface area contributed by atoms with Crippen molar-refractivity contribution in [1.82, 2.24) is 9.55 Å². The second-order valence-corrected chi connectivity index (χ2v) is 5.76. The van der Waals surface area contributed by atoms with Gasteiger partial charge in [0.2, 0.25) is 0 Å². The topological polar surface area (TPSA) is 17.8 Å². The second kappa shape index (κ2) is 5.50. The molecule has 2 atom stereocenters. The van der Waals surface area contributed by atoms with Gasteiger partial charge in [0.25, 0.3) is 0 Å². The normalized spacial score (nSPS) is 14.9. The van der Waals surface area contributed by atoms with Gasteiger partial charge in [-0.2, -0.15) is 0 Å². The summed E-state index contributed by atoms with van der Waals surface area (Å²) in [6, 6.07) is 6.27. The molecule has 1 heterocycles. The van der Waals surface area contributed by atoms with Crippen LogP contribution in [0.25, 0.3) is 11.0 Å². The Morgan fingerprint density at radius 1 is 1.33 bits per heavy atom. The maximum atomic E-state index is 6.25. The first-order valence-electron chi connectivity index (χ1n) is 6.36. The first-order valence-corrected chi connectivity index (χ1v) is 7.18. The van der Waals surface area contributed by atoms with Gasteiger partial charge in [-0.15, -0.1) is 11.6 Å². The average Bonchev–Trinajstić information content (AvgIpc) is 2.70. The van der Waals surface area contributed by atoms with Gasteiger partial charge in [-0.3, -0.25) is 0 Å². The fraction of sp³-hybridized carbons (Fsp3) is 0.500. The molecule has 0 bridgehead atoms. The number of nitrogens with zero attached hydrogens (tertiary/aromatic N) is 2. The van der Waals surface area contributed by atoms with E-state index in [-0.39, 0.29) is 5.38 Å². The van der Waals surface area contributed by atoms with Crippen molar-refractivity contribution in [3.05, 3.63) is 29.0 Å². The van der Waals surface area contributed by atoms with E-state index < -0.39 is 0 Å². The zero-order chi connectivity index (χ0) is 13.3. The summed E-state index contributed by atoms with van der Waals surface area (Å²) < 4.78 is 2.22. The lowest BCUT2D eigenvalue weighted by Gasteiger charge is -2.17. The predicted molar refractivity (Wildman–Crippen MR) is 78.6 cm³/mol. The number of rotatable bonds is 4. The van der Waals surface area contributed by atoms with Crippen molar-refractivity contribution in [3.8, 4) is 0 Å². The van der Waals surface area contributed by atoms with Crippen molar-refractivity contribution in [3.63, 3.8) is 0 Å². The number of para-hydroxylation sites is 1. The van der Waals surface area contributed by atoms with Gasteiger partial charge >= 0.3 is 0 Å². The smallest absolute Gasteiger partial charge is 0.128 e. The highest BCUT2D eigenvalue weighted by Crippen LogP contribution is 2.32. The minimum atomic E-state index is -0.118. The van der Waals surface area contributed by atoms with Crippen LogP contribution < -0.4 is 0 Å². The second-order valence-electron chi connectivity index (χ2n) is 4.70. The molecule has 98 valence electrons. The lowest BCUT2D eigenvalue weighted by molar-refractivity contribution is 0.494. The summed E-state index contributed by atoms with van der Waals surface area (Å²) >= 11 is 12.5. The number of hydrogen-bond acceptors (Lipinski definition) is 1. The van der Waals surface area contributed by atoms with Crippen LogP contribution in [0, 0.1) is 0 Å². The van der Waals surface area contributed by atoms with Gasteiger partial charge in [-0.05, 0) is 32.4 Å². The summed E-state index contributed by atoms with van der Waals surface area (Å²) in [6.07, 6.45) is 2.24. The van der Waals surface area contributed by atoms with Gasteiger partial charge in [-0.25, -0.2) is 4.98 Å². The molecular weight excluding hydrogens is 267 g/mol. The third-order valence-electron chi connectivity index (χ3n) is 3.20. The SMILES string of the molecule is CCCC(C)n1c(C(C)Cl)nc2c(Cl)cccc21. The van der Waals surface area contributed by atoms with Crippen molar-refractivity contribution >= 4 is 34.2 Å². The van der Waals surface area contributed by atoms with E-state index in [0.29, 0.717) is 11.1 Å². The molecule has 2 nitrogen and oxygen atoms in total. The molecule has 18 heavy (non-hydrogen) atoms. The molecule has 2 rings (SSSR count). The van der Waals surface area contributed by atoms with Crippen LogP contribution in [0.15, 0.2) is 18.2 Å². The first-order chi connectivity index (χ1) is 8.56. The number of hydrogen-bond donors (Lipinski definition) is 0. The van der Waals surface area contributed by atoms with Gasteiger partial charge in [0, 0.05) is 6.04 Å². The van der Waals surface area contributed by atoms with Gasteiger partial charge in [-0.1, -0.05) is 31.0 Å².